The van der Waals surface area contributed by atoms with E-state index in [0.717, 1.165) is 12.8 Å². The van der Waals surface area contributed by atoms with Crippen molar-refractivity contribution in [1.82, 2.24) is 0 Å². The van der Waals surface area contributed by atoms with Crippen LogP contribution in [0.5, 0.6) is 0 Å². The Hall–Kier alpha value is -0.930. The molecule has 21 heavy (non-hydrogen) atoms. The number of carbonyl (C=O) groups is 1. The largest absolute Gasteiger partial charge is 0.343 e. The third kappa shape index (κ3) is 4.04. The second-order valence-corrected chi connectivity index (χ2v) is 6.36. The zero-order chi connectivity index (χ0) is 16.1. The van der Waals surface area contributed by atoms with Gasteiger partial charge in [0.25, 0.3) is 0 Å². The molecule has 1 aliphatic rings. The van der Waals surface area contributed by atoms with Gasteiger partial charge in [-0.3, -0.25) is 4.79 Å². The molecule has 0 atom stereocenters. The molecule has 0 radical (unpaired) electrons. The summed E-state index contributed by atoms with van der Waals surface area (Å²) >= 11 is 0. The number of carbonyl (C=O) groups excluding carboxylic acids is 1. The van der Waals surface area contributed by atoms with Crippen LogP contribution in [-0.4, -0.2) is 24.8 Å². The molecule has 0 unspecified atom stereocenters. The van der Waals surface area contributed by atoms with Crippen molar-refractivity contribution in [3.05, 3.63) is 23.8 Å². The molecule has 120 valence electrons. The van der Waals surface area contributed by atoms with E-state index in [9.17, 15) is 4.79 Å². The first-order chi connectivity index (χ1) is 9.83. The summed E-state index contributed by atoms with van der Waals surface area (Å²) in [6.45, 7) is 14.9. The van der Waals surface area contributed by atoms with Crippen molar-refractivity contribution in [2.75, 3.05) is 13.2 Å². The SMILES string of the molecule is C=CC(=O)C(CC1=C(C)CCCC1(C)C)(OCC)OCC. The summed E-state index contributed by atoms with van der Waals surface area (Å²) < 4.78 is 11.6. The van der Waals surface area contributed by atoms with Crippen molar-refractivity contribution in [3.63, 3.8) is 0 Å². The number of hydrogen-bond acceptors (Lipinski definition) is 3. The Kier molecular flexibility index (Phi) is 6.36. The number of allylic oxidation sites excluding steroid dienone is 1. The monoisotopic (exact) mass is 294 g/mol. The molecule has 0 aromatic rings. The van der Waals surface area contributed by atoms with Crippen LogP contribution < -0.4 is 0 Å². The van der Waals surface area contributed by atoms with E-state index in [2.05, 4.69) is 27.4 Å². The highest BCUT2D eigenvalue weighted by Crippen LogP contribution is 2.44. The predicted molar refractivity (Wildman–Crippen MR) is 86.1 cm³/mol. The summed E-state index contributed by atoms with van der Waals surface area (Å²) in [7, 11) is 0. The number of ketones is 1. The minimum absolute atomic E-state index is 0.0865. The molecule has 0 N–H and O–H groups in total. The molecule has 0 aromatic heterocycles. The number of rotatable bonds is 8. The van der Waals surface area contributed by atoms with Gasteiger partial charge in [-0.05, 0) is 51.5 Å². The fourth-order valence-electron chi connectivity index (χ4n) is 3.29. The van der Waals surface area contributed by atoms with Gasteiger partial charge in [0, 0.05) is 19.6 Å². The van der Waals surface area contributed by atoms with Crippen molar-refractivity contribution in [3.8, 4) is 0 Å². The van der Waals surface area contributed by atoms with E-state index in [1.165, 1.54) is 23.6 Å². The van der Waals surface area contributed by atoms with Crippen molar-refractivity contribution in [2.24, 2.45) is 5.41 Å². The molecule has 0 saturated heterocycles. The Balaban J connectivity index is 3.21. The third-order valence-electron chi connectivity index (χ3n) is 4.41. The summed E-state index contributed by atoms with van der Waals surface area (Å²) in [5, 5.41) is 0. The minimum atomic E-state index is -1.21. The van der Waals surface area contributed by atoms with Gasteiger partial charge in [-0.15, -0.1) is 0 Å². The Bertz CT molecular complexity index is 412. The lowest BCUT2D eigenvalue weighted by molar-refractivity contribution is -0.222. The zero-order valence-electron chi connectivity index (χ0n) is 14.3. The third-order valence-corrected chi connectivity index (χ3v) is 4.41. The maximum absolute atomic E-state index is 12.4. The summed E-state index contributed by atoms with van der Waals surface area (Å²) in [6, 6.07) is 0. The highest BCUT2D eigenvalue weighted by molar-refractivity contribution is 5.95. The second kappa shape index (κ2) is 7.37. The zero-order valence-corrected chi connectivity index (χ0v) is 14.3. The van der Waals surface area contributed by atoms with E-state index >= 15 is 0 Å². The van der Waals surface area contributed by atoms with Crippen molar-refractivity contribution in [1.29, 1.82) is 0 Å². The van der Waals surface area contributed by atoms with Crippen LogP contribution in [0, 0.1) is 5.41 Å². The van der Waals surface area contributed by atoms with Crippen LogP contribution in [0.25, 0.3) is 0 Å². The first-order valence-corrected chi connectivity index (χ1v) is 7.97. The molecule has 0 aromatic carbocycles. The van der Waals surface area contributed by atoms with E-state index in [1.54, 1.807) is 0 Å². The Morgan fingerprint density at radius 2 is 1.90 bits per heavy atom. The first-order valence-electron chi connectivity index (χ1n) is 7.97. The van der Waals surface area contributed by atoms with Gasteiger partial charge in [0.15, 0.2) is 0 Å². The van der Waals surface area contributed by atoms with Crippen molar-refractivity contribution >= 4 is 5.78 Å². The molecule has 0 spiro atoms. The standard InChI is InChI=1S/C18H30O3/c1-7-16(19)18(20-8-2,21-9-3)13-15-14(4)11-10-12-17(15,5)6/h7H,1,8-13H2,2-6H3. The van der Waals surface area contributed by atoms with Crippen LogP contribution in [0.2, 0.25) is 0 Å². The van der Waals surface area contributed by atoms with Gasteiger partial charge in [-0.25, -0.2) is 0 Å². The second-order valence-electron chi connectivity index (χ2n) is 6.36. The summed E-state index contributed by atoms with van der Waals surface area (Å²) in [5.74, 6) is -1.40. The van der Waals surface area contributed by atoms with E-state index in [1.807, 2.05) is 13.8 Å². The fourth-order valence-corrected chi connectivity index (χ4v) is 3.29. The van der Waals surface area contributed by atoms with Gasteiger partial charge in [0.2, 0.25) is 11.6 Å². The quantitative estimate of drug-likeness (QED) is 0.377. The summed E-state index contributed by atoms with van der Waals surface area (Å²) in [4.78, 5) is 12.4. The van der Waals surface area contributed by atoms with Gasteiger partial charge < -0.3 is 9.47 Å². The van der Waals surface area contributed by atoms with E-state index in [0.29, 0.717) is 19.6 Å². The lowest BCUT2D eigenvalue weighted by Crippen LogP contribution is -2.45. The summed E-state index contributed by atoms with van der Waals surface area (Å²) in [5.41, 5.74) is 2.75. The van der Waals surface area contributed by atoms with Crippen LogP contribution >= 0.6 is 0 Å². The topological polar surface area (TPSA) is 35.5 Å². The van der Waals surface area contributed by atoms with Crippen molar-refractivity contribution in [2.45, 2.75) is 66.1 Å². The molecular weight excluding hydrogens is 264 g/mol. The van der Waals surface area contributed by atoms with Gasteiger partial charge >= 0.3 is 0 Å². The van der Waals surface area contributed by atoms with Crippen LogP contribution in [0.3, 0.4) is 0 Å². The Morgan fingerprint density at radius 3 is 2.33 bits per heavy atom. The molecule has 0 fully saturated rings. The molecule has 0 amide bonds. The van der Waals surface area contributed by atoms with Gasteiger partial charge in [0.05, 0.1) is 0 Å². The molecule has 3 nitrogen and oxygen atoms in total. The molecule has 1 rings (SSSR count). The van der Waals surface area contributed by atoms with Crippen LogP contribution in [0.1, 0.15) is 60.3 Å². The highest BCUT2D eigenvalue weighted by Gasteiger charge is 2.43. The van der Waals surface area contributed by atoms with Crippen molar-refractivity contribution < 1.29 is 14.3 Å². The van der Waals surface area contributed by atoms with Gasteiger partial charge in [0.1, 0.15) is 0 Å². The fraction of sp³-hybridized carbons (Fsp3) is 0.722. The average molecular weight is 294 g/mol. The molecule has 0 bridgehead atoms. The minimum Gasteiger partial charge on any atom is -0.343 e. The average Bonchev–Trinajstić information content (AvgIpc) is 2.42. The molecule has 1 aliphatic carbocycles. The van der Waals surface area contributed by atoms with Crippen LogP contribution in [0.15, 0.2) is 23.8 Å². The maximum Gasteiger partial charge on any atom is 0.236 e. The van der Waals surface area contributed by atoms with Gasteiger partial charge in [-0.1, -0.05) is 31.6 Å². The first kappa shape index (κ1) is 18.1. The summed E-state index contributed by atoms with van der Waals surface area (Å²) in [6.07, 6.45) is 5.25. The predicted octanol–water partition coefficient (Wildman–Crippen LogP) is 4.43. The van der Waals surface area contributed by atoms with Crippen LogP contribution in [0.4, 0.5) is 0 Å². The van der Waals surface area contributed by atoms with Crippen LogP contribution in [-0.2, 0) is 14.3 Å². The van der Waals surface area contributed by atoms with E-state index < -0.39 is 5.79 Å². The molecular formula is C18H30O3. The maximum atomic E-state index is 12.4. The van der Waals surface area contributed by atoms with E-state index in [-0.39, 0.29) is 11.2 Å². The Morgan fingerprint density at radius 1 is 1.33 bits per heavy atom. The number of ether oxygens (including phenoxy) is 2. The Labute approximate surface area is 129 Å². The highest BCUT2D eigenvalue weighted by atomic mass is 16.7. The normalized spacial score (nSPS) is 18.7. The molecule has 3 heteroatoms. The lowest BCUT2D eigenvalue weighted by atomic mass is 9.70. The van der Waals surface area contributed by atoms with E-state index in [4.69, 9.17) is 9.47 Å². The molecule has 0 aliphatic heterocycles. The molecule has 0 heterocycles. The van der Waals surface area contributed by atoms with Gasteiger partial charge in [-0.2, -0.15) is 0 Å². The lowest BCUT2D eigenvalue weighted by Gasteiger charge is -2.40. The smallest absolute Gasteiger partial charge is 0.236 e. The molecule has 0 saturated carbocycles. The number of hydrogen-bond donors (Lipinski definition) is 0.